The number of nitro groups is 1. The lowest BCUT2D eigenvalue weighted by atomic mass is 10.1. The highest BCUT2D eigenvalue weighted by atomic mass is 16.6. The van der Waals surface area contributed by atoms with Crippen LogP contribution in [0.1, 0.15) is 24.2 Å². The van der Waals surface area contributed by atoms with E-state index in [1.807, 2.05) is 0 Å². The van der Waals surface area contributed by atoms with Gasteiger partial charge >= 0.3 is 11.9 Å². The van der Waals surface area contributed by atoms with E-state index >= 15 is 0 Å². The lowest BCUT2D eigenvalue weighted by Crippen LogP contribution is -2.29. The van der Waals surface area contributed by atoms with Crippen LogP contribution in [-0.4, -0.2) is 30.1 Å². The van der Waals surface area contributed by atoms with Crippen molar-refractivity contribution < 1.29 is 24.0 Å². The van der Waals surface area contributed by atoms with Crippen molar-refractivity contribution in [3.63, 3.8) is 0 Å². The third-order valence-electron chi connectivity index (χ3n) is 2.88. The molecule has 0 aliphatic carbocycles. The lowest BCUT2D eigenvalue weighted by Gasteiger charge is -2.18. The molecule has 0 bridgehead atoms. The van der Waals surface area contributed by atoms with Crippen LogP contribution in [0.2, 0.25) is 0 Å². The van der Waals surface area contributed by atoms with E-state index in [1.165, 1.54) is 31.4 Å². The van der Waals surface area contributed by atoms with Crippen molar-refractivity contribution in [3.8, 4) is 0 Å². The Bertz CT molecular complexity index is 510. The summed E-state index contributed by atoms with van der Waals surface area (Å²) in [5.74, 6) is -1.72. The number of hydrogen-bond donors (Lipinski definition) is 0. The second-order valence-corrected chi connectivity index (χ2v) is 4.23. The van der Waals surface area contributed by atoms with Gasteiger partial charge in [-0.2, -0.15) is 0 Å². The maximum absolute atomic E-state index is 11.8. The Morgan fingerprint density at radius 2 is 1.75 bits per heavy atom. The number of ether oxygens (including phenoxy) is 2. The van der Waals surface area contributed by atoms with Gasteiger partial charge < -0.3 is 9.47 Å². The van der Waals surface area contributed by atoms with Crippen molar-refractivity contribution in [2.75, 3.05) is 7.11 Å². The highest BCUT2D eigenvalue weighted by molar-refractivity contribution is 5.90. The molecule has 0 radical (unpaired) electrons. The number of benzene rings is 1. The first-order valence-electron chi connectivity index (χ1n) is 5.90. The number of methoxy groups -OCH3 is 1. The Balaban J connectivity index is 2.71. The van der Waals surface area contributed by atoms with Crippen LogP contribution in [0.3, 0.4) is 0 Å². The summed E-state index contributed by atoms with van der Waals surface area (Å²) >= 11 is 0. The fourth-order valence-electron chi connectivity index (χ4n) is 1.44. The lowest BCUT2D eigenvalue weighted by molar-refractivity contribution is -0.384. The van der Waals surface area contributed by atoms with Gasteiger partial charge in [-0.25, -0.2) is 4.79 Å². The summed E-state index contributed by atoms with van der Waals surface area (Å²) in [6, 6.07) is 5.03. The minimum absolute atomic E-state index is 0.113. The molecule has 1 aromatic rings. The fourth-order valence-corrected chi connectivity index (χ4v) is 1.44. The first-order chi connectivity index (χ1) is 9.36. The van der Waals surface area contributed by atoms with Gasteiger partial charge in [-0.15, -0.1) is 0 Å². The van der Waals surface area contributed by atoms with E-state index in [9.17, 15) is 19.7 Å². The number of carbonyl (C=O) groups is 2. The summed E-state index contributed by atoms with van der Waals surface area (Å²) in [6.45, 7) is 3.16. The molecule has 2 atom stereocenters. The highest BCUT2D eigenvalue weighted by Crippen LogP contribution is 2.15. The summed E-state index contributed by atoms with van der Waals surface area (Å²) in [5, 5.41) is 10.5. The molecule has 0 N–H and O–H groups in total. The number of non-ortho nitro benzene ring substituents is 1. The fraction of sp³-hybridized carbons (Fsp3) is 0.385. The van der Waals surface area contributed by atoms with Crippen molar-refractivity contribution in [1.82, 2.24) is 0 Å². The second-order valence-electron chi connectivity index (χ2n) is 4.23. The van der Waals surface area contributed by atoms with Crippen molar-refractivity contribution >= 4 is 17.6 Å². The molecule has 0 spiro atoms. The molecule has 0 aliphatic heterocycles. The van der Waals surface area contributed by atoms with E-state index in [0.29, 0.717) is 0 Å². The molecule has 0 unspecified atom stereocenters. The van der Waals surface area contributed by atoms with Gasteiger partial charge in [-0.3, -0.25) is 14.9 Å². The Labute approximate surface area is 115 Å². The van der Waals surface area contributed by atoms with Crippen LogP contribution in [0.5, 0.6) is 0 Å². The van der Waals surface area contributed by atoms with Crippen LogP contribution in [0.4, 0.5) is 5.69 Å². The number of esters is 2. The monoisotopic (exact) mass is 281 g/mol. The van der Waals surface area contributed by atoms with Gasteiger partial charge in [0, 0.05) is 12.1 Å². The number of rotatable bonds is 5. The standard InChI is InChI=1S/C13H15NO6/c1-8(12(15)19-3)9(2)20-13(16)10-4-6-11(7-5-10)14(17)18/h4-9H,1-3H3/t8-,9-/m1/s1. The third-order valence-corrected chi connectivity index (χ3v) is 2.88. The molecule has 0 amide bonds. The molecule has 0 aliphatic rings. The number of nitro benzene ring substituents is 1. The molecule has 7 nitrogen and oxygen atoms in total. The van der Waals surface area contributed by atoms with Crippen LogP contribution >= 0.6 is 0 Å². The average Bonchev–Trinajstić information content (AvgIpc) is 2.45. The third kappa shape index (κ3) is 3.78. The molecule has 108 valence electrons. The normalized spacial score (nSPS) is 13.2. The van der Waals surface area contributed by atoms with Crippen LogP contribution in [-0.2, 0) is 14.3 Å². The predicted molar refractivity (Wildman–Crippen MR) is 69.2 cm³/mol. The zero-order valence-electron chi connectivity index (χ0n) is 11.4. The van der Waals surface area contributed by atoms with Gasteiger partial charge in [-0.05, 0) is 26.0 Å². The molecule has 0 saturated heterocycles. The second kappa shape index (κ2) is 6.65. The smallest absolute Gasteiger partial charge is 0.338 e. The maximum Gasteiger partial charge on any atom is 0.338 e. The van der Waals surface area contributed by atoms with Crippen molar-refractivity contribution in [2.45, 2.75) is 20.0 Å². The van der Waals surface area contributed by atoms with Crippen LogP contribution in [0.25, 0.3) is 0 Å². The zero-order valence-corrected chi connectivity index (χ0v) is 11.4. The van der Waals surface area contributed by atoms with E-state index in [0.717, 1.165) is 0 Å². The Morgan fingerprint density at radius 1 is 1.20 bits per heavy atom. The average molecular weight is 281 g/mol. The number of hydrogen-bond acceptors (Lipinski definition) is 6. The predicted octanol–water partition coefficient (Wildman–Crippen LogP) is 1.95. The van der Waals surface area contributed by atoms with Gasteiger partial charge in [-0.1, -0.05) is 0 Å². The van der Waals surface area contributed by atoms with E-state index in [-0.39, 0.29) is 11.3 Å². The Kier molecular flexibility index (Phi) is 5.19. The quantitative estimate of drug-likeness (QED) is 0.465. The summed E-state index contributed by atoms with van der Waals surface area (Å²) in [6.07, 6.45) is -0.662. The van der Waals surface area contributed by atoms with Gasteiger partial charge in [0.05, 0.1) is 23.5 Å². The van der Waals surface area contributed by atoms with Crippen LogP contribution < -0.4 is 0 Å². The summed E-state index contributed by atoms with van der Waals surface area (Å²) in [5.41, 5.74) is 0.0667. The highest BCUT2D eigenvalue weighted by Gasteiger charge is 2.24. The molecule has 0 aromatic heterocycles. The van der Waals surface area contributed by atoms with E-state index in [4.69, 9.17) is 4.74 Å². The Morgan fingerprint density at radius 3 is 2.20 bits per heavy atom. The summed E-state index contributed by atoms with van der Waals surface area (Å²) in [4.78, 5) is 33.0. The SMILES string of the molecule is COC(=O)[C@H](C)[C@@H](C)OC(=O)c1ccc([N+](=O)[O-])cc1. The molecular weight excluding hydrogens is 266 g/mol. The van der Waals surface area contributed by atoms with E-state index < -0.39 is 28.9 Å². The first kappa shape index (κ1) is 15.6. The van der Waals surface area contributed by atoms with Gasteiger partial charge in [0.15, 0.2) is 0 Å². The van der Waals surface area contributed by atoms with Gasteiger partial charge in [0.25, 0.3) is 5.69 Å². The van der Waals surface area contributed by atoms with E-state index in [2.05, 4.69) is 4.74 Å². The summed E-state index contributed by atoms with van der Waals surface area (Å²) in [7, 11) is 1.25. The minimum Gasteiger partial charge on any atom is -0.469 e. The van der Waals surface area contributed by atoms with Crippen LogP contribution in [0, 0.1) is 16.0 Å². The topological polar surface area (TPSA) is 95.7 Å². The molecule has 0 saturated carbocycles. The molecule has 0 heterocycles. The maximum atomic E-state index is 11.8. The van der Waals surface area contributed by atoms with Gasteiger partial charge in [0.2, 0.25) is 0 Å². The largest absolute Gasteiger partial charge is 0.469 e. The number of carbonyl (C=O) groups excluding carboxylic acids is 2. The van der Waals surface area contributed by atoms with E-state index in [1.54, 1.807) is 13.8 Å². The molecule has 1 rings (SSSR count). The van der Waals surface area contributed by atoms with Gasteiger partial charge in [0.1, 0.15) is 6.10 Å². The Hall–Kier alpha value is -2.44. The number of nitrogens with zero attached hydrogens (tertiary/aromatic N) is 1. The van der Waals surface area contributed by atoms with Crippen LogP contribution in [0.15, 0.2) is 24.3 Å². The first-order valence-corrected chi connectivity index (χ1v) is 5.90. The summed E-state index contributed by atoms with van der Waals surface area (Å²) < 4.78 is 9.67. The van der Waals surface area contributed by atoms with Crippen molar-refractivity contribution in [1.29, 1.82) is 0 Å². The molecular formula is C13H15NO6. The molecule has 0 fully saturated rings. The minimum atomic E-state index is -0.662. The molecule has 7 heteroatoms. The molecule has 20 heavy (non-hydrogen) atoms. The molecule has 1 aromatic carbocycles. The van der Waals surface area contributed by atoms with Crippen molar-refractivity contribution in [2.24, 2.45) is 5.92 Å². The van der Waals surface area contributed by atoms with Crippen molar-refractivity contribution in [3.05, 3.63) is 39.9 Å². The zero-order chi connectivity index (χ0) is 15.3.